The molecule has 2 N–H and O–H groups in total. The molecule has 164 valence electrons. The average Bonchev–Trinajstić information content (AvgIpc) is 3.31. The van der Waals surface area contributed by atoms with Gasteiger partial charge in [0.2, 0.25) is 0 Å². The van der Waals surface area contributed by atoms with Crippen molar-refractivity contribution >= 4 is 33.0 Å². The molecule has 1 heterocycles. The van der Waals surface area contributed by atoms with E-state index in [0.29, 0.717) is 41.5 Å². The Morgan fingerprint density at radius 3 is 2.29 bits per heavy atom. The molecule has 2 aromatic carbocycles. The maximum absolute atomic E-state index is 13.3. The maximum Gasteiger partial charge on any atom is 0.264 e. The predicted octanol–water partition coefficient (Wildman–Crippen LogP) is 4.19. The molecule has 0 fully saturated rings. The minimum absolute atomic E-state index is 0.0667. The van der Waals surface area contributed by atoms with Gasteiger partial charge in [0.15, 0.2) is 0 Å². The first-order valence-corrected chi connectivity index (χ1v) is 11.3. The summed E-state index contributed by atoms with van der Waals surface area (Å²) >= 11 is 0. The molecule has 0 aliphatic heterocycles. The van der Waals surface area contributed by atoms with Gasteiger partial charge in [-0.05, 0) is 62.4 Å². The molecule has 0 unspecified atom stereocenters. The largest absolute Gasteiger partial charge is 0.497 e. The summed E-state index contributed by atoms with van der Waals surface area (Å²) in [7, 11) is -2.40. The number of methoxy groups -OCH3 is 1. The molecular weight excluding hydrogens is 418 g/mol. The second kappa shape index (κ2) is 9.57. The molecule has 0 aliphatic rings. The van der Waals surface area contributed by atoms with Gasteiger partial charge in [-0.3, -0.25) is 9.52 Å². The summed E-state index contributed by atoms with van der Waals surface area (Å²) in [5.74, 6) is 0.228. The summed E-state index contributed by atoms with van der Waals surface area (Å²) in [6.45, 7) is 5.15. The van der Waals surface area contributed by atoms with E-state index in [1.807, 2.05) is 18.7 Å². The lowest BCUT2D eigenvalue weighted by Gasteiger charge is -2.25. The Hall–Kier alpha value is -3.46. The third-order valence-corrected chi connectivity index (χ3v) is 6.15. The van der Waals surface area contributed by atoms with Crippen molar-refractivity contribution in [2.45, 2.75) is 18.7 Å². The van der Waals surface area contributed by atoms with Crippen molar-refractivity contribution < 1.29 is 22.4 Å². The lowest BCUT2D eigenvalue weighted by Crippen LogP contribution is -2.26. The number of hydrogen-bond donors (Lipinski definition) is 2. The molecule has 8 nitrogen and oxygen atoms in total. The molecule has 0 bridgehead atoms. The number of amides is 1. The van der Waals surface area contributed by atoms with E-state index in [-0.39, 0.29) is 4.90 Å². The fourth-order valence-electron chi connectivity index (χ4n) is 3.10. The third kappa shape index (κ3) is 5.18. The number of anilines is 3. The summed E-state index contributed by atoms with van der Waals surface area (Å²) < 4.78 is 39.2. The predicted molar refractivity (Wildman–Crippen MR) is 120 cm³/mol. The summed E-state index contributed by atoms with van der Waals surface area (Å²) in [6.07, 6.45) is 2.72. The van der Waals surface area contributed by atoms with Gasteiger partial charge in [-0.2, -0.15) is 0 Å². The number of sulfonamides is 1. The number of hydrogen-bond acceptors (Lipinski definition) is 6. The SMILES string of the molecule is CCN(CC)c1ccc(NC(=O)c2ccoc2)cc1S(=O)(=O)Nc1ccc(OC)cc1. The first kappa shape index (κ1) is 22.2. The van der Waals surface area contributed by atoms with Crippen molar-refractivity contribution in [3.8, 4) is 5.75 Å². The highest BCUT2D eigenvalue weighted by Gasteiger charge is 2.23. The molecule has 3 aromatic rings. The van der Waals surface area contributed by atoms with E-state index in [1.54, 1.807) is 43.5 Å². The van der Waals surface area contributed by atoms with E-state index in [0.717, 1.165) is 0 Å². The molecule has 0 atom stereocenters. The van der Waals surface area contributed by atoms with Gasteiger partial charge in [-0.1, -0.05) is 0 Å². The number of carbonyl (C=O) groups is 1. The number of nitrogens with one attached hydrogen (secondary N) is 2. The Morgan fingerprint density at radius 1 is 1.03 bits per heavy atom. The van der Waals surface area contributed by atoms with Gasteiger partial charge in [-0.25, -0.2) is 8.42 Å². The topological polar surface area (TPSA) is 101 Å². The second-order valence-corrected chi connectivity index (χ2v) is 8.31. The minimum atomic E-state index is -3.94. The summed E-state index contributed by atoms with van der Waals surface area (Å²) in [4.78, 5) is 14.4. The number of rotatable bonds is 9. The monoisotopic (exact) mass is 443 g/mol. The van der Waals surface area contributed by atoms with Crippen LogP contribution in [0.3, 0.4) is 0 Å². The van der Waals surface area contributed by atoms with Crippen LogP contribution in [0, 0.1) is 0 Å². The standard InChI is InChI=1S/C22H25N3O5S/c1-4-25(5-2)20-11-8-18(23-22(26)16-12-13-30-15-16)14-21(20)31(27,28)24-17-6-9-19(29-3)10-7-17/h6-15,24H,4-5H2,1-3H3,(H,23,26). The van der Waals surface area contributed by atoms with Crippen LogP contribution in [0.5, 0.6) is 5.75 Å². The van der Waals surface area contributed by atoms with Crippen molar-refractivity contribution in [2.75, 3.05) is 35.1 Å². The molecule has 31 heavy (non-hydrogen) atoms. The average molecular weight is 444 g/mol. The van der Waals surface area contributed by atoms with Crippen LogP contribution < -0.4 is 19.7 Å². The zero-order valence-corrected chi connectivity index (χ0v) is 18.4. The normalized spacial score (nSPS) is 11.1. The van der Waals surface area contributed by atoms with Gasteiger partial charge < -0.3 is 19.4 Å². The van der Waals surface area contributed by atoms with Gasteiger partial charge in [0.1, 0.15) is 16.9 Å². The lowest BCUT2D eigenvalue weighted by atomic mass is 10.2. The number of ether oxygens (including phenoxy) is 1. The van der Waals surface area contributed by atoms with Crippen molar-refractivity contribution in [1.29, 1.82) is 0 Å². The summed E-state index contributed by atoms with van der Waals surface area (Å²) in [5.41, 5.74) is 1.65. The molecule has 1 amide bonds. The Morgan fingerprint density at radius 2 is 1.71 bits per heavy atom. The molecule has 0 saturated carbocycles. The zero-order valence-electron chi connectivity index (χ0n) is 17.6. The van der Waals surface area contributed by atoms with Crippen LogP contribution in [0.2, 0.25) is 0 Å². The van der Waals surface area contributed by atoms with Crippen LogP contribution >= 0.6 is 0 Å². The highest BCUT2D eigenvalue weighted by atomic mass is 32.2. The molecule has 0 saturated heterocycles. The highest BCUT2D eigenvalue weighted by Crippen LogP contribution is 2.30. The molecule has 9 heteroatoms. The number of benzene rings is 2. The minimum Gasteiger partial charge on any atom is -0.497 e. The number of carbonyl (C=O) groups excluding carboxylic acids is 1. The van der Waals surface area contributed by atoms with Crippen molar-refractivity contribution in [3.63, 3.8) is 0 Å². The van der Waals surface area contributed by atoms with Gasteiger partial charge in [-0.15, -0.1) is 0 Å². The quantitative estimate of drug-likeness (QED) is 0.514. The molecule has 0 aliphatic carbocycles. The van der Waals surface area contributed by atoms with E-state index in [4.69, 9.17) is 9.15 Å². The maximum atomic E-state index is 13.3. The number of furan rings is 1. The van der Waals surface area contributed by atoms with Gasteiger partial charge in [0.25, 0.3) is 15.9 Å². The highest BCUT2D eigenvalue weighted by molar-refractivity contribution is 7.92. The van der Waals surface area contributed by atoms with Crippen LogP contribution in [0.1, 0.15) is 24.2 Å². The summed E-state index contributed by atoms with van der Waals surface area (Å²) in [6, 6.07) is 12.9. The van der Waals surface area contributed by atoms with Gasteiger partial charge >= 0.3 is 0 Å². The molecule has 3 rings (SSSR count). The third-order valence-electron chi connectivity index (χ3n) is 4.74. The van der Waals surface area contributed by atoms with E-state index in [9.17, 15) is 13.2 Å². The second-order valence-electron chi connectivity index (χ2n) is 6.65. The van der Waals surface area contributed by atoms with Crippen molar-refractivity contribution in [2.24, 2.45) is 0 Å². The van der Waals surface area contributed by atoms with Crippen LogP contribution in [-0.2, 0) is 10.0 Å². The van der Waals surface area contributed by atoms with Crippen LogP contribution in [0.4, 0.5) is 17.1 Å². The lowest BCUT2D eigenvalue weighted by molar-refractivity contribution is 0.102. The first-order valence-electron chi connectivity index (χ1n) is 9.77. The molecule has 0 spiro atoms. The number of nitrogens with zero attached hydrogens (tertiary/aromatic N) is 1. The summed E-state index contributed by atoms with van der Waals surface area (Å²) in [5, 5.41) is 2.71. The Kier molecular flexibility index (Phi) is 6.86. The van der Waals surface area contributed by atoms with E-state index >= 15 is 0 Å². The van der Waals surface area contributed by atoms with Crippen LogP contribution in [-0.4, -0.2) is 34.5 Å². The van der Waals surface area contributed by atoms with Gasteiger partial charge in [0, 0.05) is 24.5 Å². The Labute approximate surface area is 181 Å². The van der Waals surface area contributed by atoms with Crippen molar-refractivity contribution in [1.82, 2.24) is 0 Å². The van der Waals surface area contributed by atoms with E-state index in [2.05, 4.69) is 10.0 Å². The van der Waals surface area contributed by atoms with Crippen LogP contribution in [0.25, 0.3) is 0 Å². The Balaban J connectivity index is 1.97. The zero-order chi connectivity index (χ0) is 22.4. The van der Waals surface area contributed by atoms with Gasteiger partial charge in [0.05, 0.1) is 24.6 Å². The van der Waals surface area contributed by atoms with Crippen LogP contribution in [0.15, 0.2) is 70.4 Å². The molecular formula is C22H25N3O5S. The molecule has 0 radical (unpaired) electrons. The fourth-order valence-corrected chi connectivity index (χ4v) is 4.41. The first-order chi connectivity index (χ1) is 14.9. The van der Waals surface area contributed by atoms with E-state index in [1.165, 1.54) is 24.7 Å². The Bertz CT molecular complexity index is 1120. The van der Waals surface area contributed by atoms with E-state index < -0.39 is 15.9 Å². The van der Waals surface area contributed by atoms with Crippen molar-refractivity contribution in [3.05, 3.63) is 66.6 Å². The smallest absolute Gasteiger partial charge is 0.264 e. The molecule has 1 aromatic heterocycles. The fraction of sp³-hybridized carbons (Fsp3) is 0.227.